The van der Waals surface area contributed by atoms with Crippen molar-refractivity contribution >= 4 is 6.03 Å². The highest BCUT2D eigenvalue weighted by atomic mass is 19.4. The number of aliphatic hydroxyl groups excluding tert-OH is 1. The summed E-state index contributed by atoms with van der Waals surface area (Å²) in [6.45, 7) is -0.374. The molecule has 1 aromatic carbocycles. The van der Waals surface area contributed by atoms with Gasteiger partial charge in [-0.05, 0) is 25.0 Å². The number of ether oxygens (including phenoxy) is 1. The number of aliphatic hydroxyl groups is 1. The number of benzene rings is 1. The number of hydrogen-bond donors (Lipinski definition) is 2. The molecule has 0 saturated heterocycles. The third-order valence-electron chi connectivity index (χ3n) is 3.36. The topological polar surface area (TPSA) is 61.8 Å². The number of urea groups is 1. The summed E-state index contributed by atoms with van der Waals surface area (Å²) in [6, 6.07) is 4.67. The average Bonchev–Trinajstić information content (AvgIpc) is 3.28. The van der Waals surface area contributed by atoms with Crippen LogP contribution in [0, 0.1) is 0 Å². The molecule has 1 atom stereocenters. The molecule has 2 rings (SSSR count). The van der Waals surface area contributed by atoms with Gasteiger partial charge in [0.2, 0.25) is 0 Å². The second-order valence-corrected chi connectivity index (χ2v) is 5.56. The minimum absolute atomic E-state index is 0.0350. The Morgan fingerprint density at radius 2 is 2.09 bits per heavy atom. The average molecular weight is 332 g/mol. The first-order valence-electron chi connectivity index (χ1n) is 7.26. The Bertz CT molecular complexity index is 547. The van der Waals surface area contributed by atoms with Gasteiger partial charge in [0, 0.05) is 13.1 Å². The van der Waals surface area contributed by atoms with E-state index in [1.807, 2.05) is 0 Å². The summed E-state index contributed by atoms with van der Waals surface area (Å²) < 4.78 is 43.5. The Balaban J connectivity index is 1.84. The number of halogens is 3. The fourth-order valence-electron chi connectivity index (χ4n) is 1.98. The predicted molar refractivity (Wildman–Crippen MR) is 77.1 cm³/mol. The molecule has 1 unspecified atom stereocenters. The minimum Gasteiger partial charge on any atom is -0.490 e. The van der Waals surface area contributed by atoms with Gasteiger partial charge in [-0.25, -0.2) is 4.79 Å². The minimum atomic E-state index is -4.53. The Morgan fingerprint density at radius 1 is 1.43 bits per heavy atom. The zero-order valence-electron chi connectivity index (χ0n) is 12.6. The van der Waals surface area contributed by atoms with E-state index >= 15 is 0 Å². The van der Waals surface area contributed by atoms with Crippen LogP contribution in [-0.4, -0.2) is 48.4 Å². The zero-order valence-corrected chi connectivity index (χ0v) is 12.6. The van der Waals surface area contributed by atoms with Crippen molar-refractivity contribution < 1.29 is 27.8 Å². The van der Waals surface area contributed by atoms with Gasteiger partial charge in [0.1, 0.15) is 18.5 Å². The molecule has 1 saturated carbocycles. The molecule has 1 aliphatic rings. The van der Waals surface area contributed by atoms with E-state index in [4.69, 9.17) is 4.74 Å². The van der Waals surface area contributed by atoms with Crippen molar-refractivity contribution in [3.05, 3.63) is 29.8 Å². The molecule has 1 fully saturated rings. The van der Waals surface area contributed by atoms with E-state index in [0.29, 0.717) is 0 Å². The van der Waals surface area contributed by atoms with Crippen molar-refractivity contribution in [1.29, 1.82) is 0 Å². The van der Waals surface area contributed by atoms with Crippen LogP contribution < -0.4 is 10.1 Å². The lowest BCUT2D eigenvalue weighted by atomic mass is 10.2. The molecule has 0 aliphatic heterocycles. The summed E-state index contributed by atoms with van der Waals surface area (Å²) in [7, 11) is 1.50. The smallest absolute Gasteiger partial charge is 0.419 e. The number of likely N-dealkylation sites (N-methyl/N-ethyl adjacent to an activating group) is 1. The van der Waals surface area contributed by atoms with Gasteiger partial charge in [0.05, 0.1) is 12.1 Å². The lowest BCUT2D eigenvalue weighted by Crippen LogP contribution is -2.43. The van der Waals surface area contributed by atoms with Crippen LogP contribution in [0.1, 0.15) is 18.4 Å². The Labute approximate surface area is 132 Å². The molecule has 128 valence electrons. The zero-order chi connectivity index (χ0) is 17.0. The lowest BCUT2D eigenvalue weighted by Gasteiger charge is -2.22. The van der Waals surface area contributed by atoms with E-state index in [1.165, 1.54) is 30.1 Å². The first-order chi connectivity index (χ1) is 10.8. The highest BCUT2D eigenvalue weighted by molar-refractivity contribution is 5.74. The monoisotopic (exact) mass is 332 g/mol. The molecule has 2 N–H and O–H groups in total. The van der Waals surface area contributed by atoms with Crippen LogP contribution in [0.3, 0.4) is 0 Å². The summed E-state index contributed by atoms with van der Waals surface area (Å²) in [4.78, 5) is 13.0. The summed E-state index contributed by atoms with van der Waals surface area (Å²) in [6.07, 6.45) is -3.73. The van der Waals surface area contributed by atoms with Crippen LogP contribution >= 0.6 is 0 Å². The number of alkyl halides is 3. The third kappa shape index (κ3) is 5.31. The Kier molecular flexibility index (Phi) is 5.35. The molecule has 0 aromatic heterocycles. The van der Waals surface area contributed by atoms with Gasteiger partial charge in [-0.2, -0.15) is 13.2 Å². The number of para-hydroxylation sites is 1. The maximum absolute atomic E-state index is 12.8. The standard InChI is InChI=1S/C15H19F3N2O3/c1-20(14(22)19-10-6-7-10)8-11(21)9-23-13-5-3-2-4-12(13)15(16,17)18/h2-5,10-11,21H,6-9H2,1H3,(H,19,22). The summed E-state index contributed by atoms with van der Waals surface area (Å²) in [5, 5.41) is 12.6. The highest BCUT2D eigenvalue weighted by Crippen LogP contribution is 2.35. The number of amides is 2. The van der Waals surface area contributed by atoms with Gasteiger partial charge < -0.3 is 20.1 Å². The van der Waals surface area contributed by atoms with Crippen molar-refractivity contribution in [1.82, 2.24) is 10.2 Å². The van der Waals surface area contributed by atoms with Crippen LogP contribution in [0.25, 0.3) is 0 Å². The maximum atomic E-state index is 12.8. The molecule has 0 radical (unpaired) electrons. The van der Waals surface area contributed by atoms with Gasteiger partial charge in [-0.1, -0.05) is 12.1 Å². The lowest BCUT2D eigenvalue weighted by molar-refractivity contribution is -0.139. The molecule has 1 aliphatic carbocycles. The molecular weight excluding hydrogens is 313 g/mol. The summed E-state index contributed by atoms with van der Waals surface area (Å²) in [5.41, 5.74) is -0.896. The Hall–Kier alpha value is -1.96. The highest BCUT2D eigenvalue weighted by Gasteiger charge is 2.34. The van der Waals surface area contributed by atoms with Crippen molar-refractivity contribution in [2.45, 2.75) is 31.2 Å². The summed E-state index contributed by atoms with van der Waals surface area (Å²) in [5.74, 6) is -0.343. The molecule has 2 amide bonds. The van der Waals surface area contributed by atoms with Crippen LogP contribution in [0.2, 0.25) is 0 Å². The number of rotatable bonds is 6. The van der Waals surface area contributed by atoms with Crippen molar-refractivity contribution in [3.8, 4) is 5.75 Å². The van der Waals surface area contributed by atoms with Crippen molar-refractivity contribution in [3.63, 3.8) is 0 Å². The SMILES string of the molecule is CN(CC(O)COc1ccccc1C(F)(F)F)C(=O)NC1CC1. The molecule has 1 aromatic rings. The Morgan fingerprint density at radius 3 is 2.70 bits per heavy atom. The molecule has 0 heterocycles. The van der Waals surface area contributed by atoms with E-state index in [9.17, 15) is 23.1 Å². The van der Waals surface area contributed by atoms with Crippen LogP contribution in [0.4, 0.5) is 18.0 Å². The molecule has 5 nitrogen and oxygen atoms in total. The molecule has 0 bridgehead atoms. The van der Waals surface area contributed by atoms with E-state index in [-0.39, 0.29) is 31.0 Å². The fraction of sp³-hybridized carbons (Fsp3) is 0.533. The number of hydrogen-bond acceptors (Lipinski definition) is 3. The van der Waals surface area contributed by atoms with Gasteiger partial charge >= 0.3 is 12.2 Å². The summed E-state index contributed by atoms with van der Waals surface area (Å²) >= 11 is 0. The number of nitrogens with one attached hydrogen (secondary N) is 1. The van der Waals surface area contributed by atoms with E-state index in [1.54, 1.807) is 0 Å². The number of carbonyl (C=O) groups excluding carboxylic acids is 1. The first kappa shape index (κ1) is 17.4. The van der Waals surface area contributed by atoms with E-state index in [2.05, 4.69) is 5.32 Å². The van der Waals surface area contributed by atoms with Crippen LogP contribution in [0.5, 0.6) is 5.75 Å². The quantitative estimate of drug-likeness (QED) is 0.840. The van der Waals surface area contributed by atoms with Crippen molar-refractivity contribution in [2.24, 2.45) is 0 Å². The van der Waals surface area contributed by atoms with E-state index in [0.717, 1.165) is 18.9 Å². The van der Waals surface area contributed by atoms with Gasteiger partial charge in [-0.3, -0.25) is 0 Å². The second-order valence-electron chi connectivity index (χ2n) is 5.56. The third-order valence-corrected chi connectivity index (χ3v) is 3.36. The van der Waals surface area contributed by atoms with Gasteiger partial charge in [-0.15, -0.1) is 0 Å². The molecule has 23 heavy (non-hydrogen) atoms. The molecule has 0 spiro atoms. The van der Waals surface area contributed by atoms with Gasteiger partial charge in [0.15, 0.2) is 0 Å². The van der Waals surface area contributed by atoms with Crippen molar-refractivity contribution in [2.75, 3.05) is 20.2 Å². The van der Waals surface area contributed by atoms with Crippen LogP contribution in [0.15, 0.2) is 24.3 Å². The molecular formula is C15H19F3N2O3. The maximum Gasteiger partial charge on any atom is 0.419 e. The number of carbonyl (C=O) groups is 1. The largest absolute Gasteiger partial charge is 0.490 e. The second kappa shape index (κ2) is 7.08. The molecule has 8 heteroatoms. The first-order valence-corrected chi connectivity index (χ1v) is 7.26. The normalized spacial score (nSPS) is 15.9. The predicted octanol–water partition coefficient (Wildman–Crippen LogP) is 2.25. The van der Waals surface area contributed by atoms with Crippen LogP contribution in [-0.2, 0) is 6.18 Å². The van der Waals surface area contributed by atoms with E-state index < -0.39 is 17.8 Å². The number of nitrogens with zero attached hydrogens (tertiary/aromatic N) is 1. The fourth-order valence-corrected chi connectivity index (χ4v) is 1.98. The van der Waals surface area contributed by atoms with Gasteiger partial charge in [0.25, 0.3) is 0 Å².